The molecule has 6 heteroatoms. The summed E-state index contributed by atoms with van der Waals surface area (Å²) < 4.78 is 10.6. The van der Waals surface area contributed by atoms with E-state index in [0.717, 1.165) is 35.7 Å². The second kappa shape index (κ2) is 5.05. The summed E-state index contributed by atoms with van der Waals surface area (Å²) in [7, 11) is 0. The van der Waals surface area contributed by atoms with Crippen LogP contribution in [0.25, 0.3) is 0 Å². The first-order chi connectivity index (χ1) is 10.7. The molecular formula is C16H17N3O3. The van der Waals surface area contributed by atoms with Crippen LogP contribution in [0.5, 0.6) is 11.5 Å². The quantitative estimate of drug-likeness (QED) is 0.891. The maximum atomic E-state index is 12.5. The zero-order valence-electron chi connectivity index (χ0n) is 12.3. The van der Waals surface area contributed by atoms with Crippen LogP contribution in [-0.2, 0) is 17.6 Å². The number of hydrogen-bond acceptors (Lipinski definition) is 4. The first-order valence-electron chi connectivity index (χ1n) is 7.44. The molecule has 0 fully saturated rings. The highest BCUT2D eigenvalue weighted by Gasteiger charge is 2.27. The Labute approximate surface area is 127 Å². The lowest BCUT2D eigenvalue weighted by atomic mass is 9.89. The van der Waals surface area contributed by atoms with Gasteiger partial charge in [-0.1, -0.05) is 0 Å². The highest BCUT2D eigenvalue weighted by Crippen LogP contribution is 2.34. The number of aryl methyl sites for hydroxylation is 2. The first-order valence-corrected chi connectivity index (χ1v) is 7.44. The number of carbonyl (C=O) groups excluding carboxylic acids is 1. The lowest BCUT2D eigenvalue weighted by molar-refractivity contribution is -0.120. The van der Waals surface area contributed by atoms with Gasteiger partial charge in [0.1, 0.15) is 5.82 Å². The fraction of sp³-hybridized carbons (Fsp3) is 0.375. The lowest BCUT2D eigenvalue weighted by Gasteiger charge is -2.20. The van der Waals surface area contributed by atoms with E-state index in [4.69, 9.17) is 9.47 Å². The van der Waals surface area contributed by atoms with Crippen molar-refractivity contribution in [3.8, 4) is 11.5 Å². The van der Waals surface area contributed by atoms with Gasteiger partial charge in [-0.2, -0.15) is 0 Å². The number of carbonyl (C=O) groups is 1. The van der Waals surface area contributed by atoms with E-state index in [0.29, 0.717) is 17.9 Å². The highest BCUT2D eigenvalue weighted by molar-refractivity contribution is 5.93. The fourth-order valence-electron chi connectivity index (χ4n) is 3.07. The van der Waals surface area contributed by atoms with Gasteiger partial charge in [-0.25, -0.2) is 4.98 Å². The average molecular weight is 299 g/mol. The number of nitrogens with one attached hydrogen (secondary N) is 2. The summed E-state index contributed by atoms with van der Waals surface area (Å²) in [6.07, 6.45) is 2.39. The summed E-state index contributed by atoms with van der Waals surface area (Å²) in [5, 5.41) is 2.97. The molecule has 114 valence electrons. The smallest absolute Gasteiger partial charge is 0.231 e. The number of amides is 1. The number of aromatic amines is 1. The van der Waals surface area contributed by atoms with Crippen LogP contribution in [0.4, 0.5) is 5.69 Å². The van der Waals surface area contributed by atoms with E-state index in [1.165, 1.54) is 0 Å². The second-order valence-corrected chi connectivity index (χ2v) is 5.74. The normalized spacial score (nSPS) is 18.9. The predicted molar refractivity (Wildman–Crippen MR) is 80.0 cm³/mol. The predicted octanol–water partition coefficient (Wildman–Crippen LogP) is 2.19. The molecule has 1 atom stereocenters. The first kappa shape index (κ1) is 13.2. The van der Waals surface area contributed by atoms with Gasteiger partial charge in [0.2, 0.25) is 12.7 Å². The van der Waals surface area contributed by atoms with E-state index in [1.807, 2.05) is 19.1 Å². The van der Waals surface area contributed by atoms with Crippen molar-refractivity contribution in [2.75, 3.05) is 12.1 Å². The van der Waals surface area contributed by atoms with Crippen LogP contribution in [0.2, 0.25) is 0 Å². The summed E-state index contributed by atoms with van der Waals surface area (Å²) in [5.74, 6) is 2.32. The van der Waals surface area contributed by atoms with Crippen LogP contribution in [0.15, 0.2) is 18.2 Å². The number of anilines is 1. The van der Waals surface area contributed by atoms with Crippen LogP contribution < -0.4 is 14.8 Å². The molecule has 1 aliphatic carbocycles. The number of ether oxygens (including phenoxy) is 2. The number of nitrogens with zero attached hydrogens (tertiary/aromatic N) is 1. The second-order valence-electron chi connectivity index (χ2n) is 5.74. The molecule has 1 aromatic carbocycles. The Kier molecular flexibility index (Phi) is 3.03. The number of rotatable bonds is 2. The van der Waals surface area contributed by atoms with E-state index in [1.54, 1.807) is 6.07 Å². The molecule has 22 heavy (non-hydrogen) atoms. The van der Waals surface area contributed by atoms with Crippen molar-refractivity contribution < 1.29 is 14.3 Å². The summed E-state index contributed by atoms with van der Waals surface area (Å²) in [5.41, 5.74) is 2.93. The minimum absolute atomic E-state index is 0.0298. The van der Waals surface area contributed by atoms with Crippen LogP contribution in [0.1, 0.15) is 23.6 Å². The Morgan fingerprint density at radius 2 is 2.23 bits per heavy atom. The van der Waals surface area contributed by atoms with Gasteiger partial charge in [-0.15, -0.1) is 0 Å². The summed E-state index contributed by atoms with van der Waals surface area (Å²) >= 11 is 0. The van der Waals surface area contributed by atoms with Crippen LogP contribution in [0, 0.1) is 12.8 Å². The molecule has 1 unspecified atom stereocenters. The van der Waals surface area contributed by atoms with Gasteiger partial charge < -0.3 is 19.8 Å². The molecule has 0 spiro atoms. The third-order valence-electron chi connectivity index (χ3n) is 4.17. The lowest BCUT2D eigenvalue weighted by Crippen LogP contribution is -2.28. The minimum Gasteiger partial charge on any atom is -0.454 e. The Morgan fingerprint density at radius 1 is 1.36 bits per heavy atom. The maximum absolute atomic E-state index is 12.5. The van der Waals surface area contributed by atoms with Crippen LogP contribution in [0.3, 0.4) is 0 Å². The molecule has 1 aromatic heterocycles. The topological polar surface area (TPSA) is 76.2 Å². The van der Waals surface area contributed by atoms with E-state index in [9.17, 15) is 4.79 Å². The van der Waals surface area contributed by atoms with Gasteiger partial charge in [0.15, 0.2) is 11.5 Å². The van der Waals surface area contributed by atoms with E-state index >= 15 is 0 Å². The molecule has 1 amide bonds. The molecule has 6 nitrogen and oxygen atoms in total. The fourth-order valence-corrected chi connectivity index (χ4v) is 3.07. The summed E-state index contributed by atoms with van der Waals surface area (Å²) in [6.45, 7) is 2.18. The van der Waals surface area contributed by atoms with Crippen LogP contribution >= 0.6 is 0 Å². The third-order valence-corrected chi connectivity index (χ3v) is 4.17. The van der Waals surface area contributed by atoms with Crippen molar-refractivity contribution in [2.24, 2.45) is 5.92 Å². The monoisotopic (exact) mass is 299 g/mol. The van der Waals surface area contributed by atoms with Gasteiger partial charge in [-0.3, -0.25) is 4.79 Å². The number of hydrogen-bond donors (Lipinski definition) is 2. The largest absolute Gasteiger partial charge is 0.454 e. The van der Waals surface area contributed by atoms with Crippen molar-refractivity contribution in [2.45, 2.75) is 26.2 Å². The molecule has 0 bridgehead atoms. The van der Waals surface area contributed by atoms with Crippen LogP contribution in [-0.4, -0.2) is 22.7 Å². The zero-order valence-corrected chi connectivity index (χ0v) is 12.3. The Hall–Kier alpha value is -2.50. The Balaban J connectivity index is 1.46. The molecule has 1 aliphatic heterocycles. The average Bonchev–Trinajstić information content (AvgIpc) is 3.10. The van der Waals surface area contributed by atoms with E-state index in [2.05, 4.69) is 15.3 Å². The molecule has 0 radical (unpaired) electrons. The zero-order chi connectivity index (χ0) is 15.1. The number of imidazole rings is 1. The molecule has 0 saturated carbocycles. The SMILES string of the molecule is Cc1nc2c([nH]1)CC(C(=O)Nc1ccc3c(c1)OCO3)CC2. The number of aromatic nitrogens is 2. The number of H-pyrrole nitrogens is 1. The highest BCUT2D eigenvalue weighted by atomic mass is 16.7. The van der Waals surface area contributed by atoms with Crippen molar-refractivity contribution in [1.82, 2.24) is 9.97 Å². The molecule has 0 saturated heterocycles. The van der Waals surface area contributed by atoms with Crippen molar-refractivity contribution in [1.29, 1.82) is 0 Å². The van der Waals surface area contributed by atoms with Crippen molar-refractivity contribution in [3.63, 3.8) is 0 Å². The van der Waals surface area contributed by atoms with Crippen molar-refractivity contribution in [3.05, 3.63) is 35.4 Å². The third kappa shape index (κ3) is 2.30. The number of benzene rings is 1. The molecule has 4 rings (SSSR count). The number of fused-ring (bicyclic) bond motifs is 2. The molecular weight excluding hydrogens is 282 g/mol. The molecule has 2 aliphatic rings. The molecule has 2 N–H and O–H groups in total. The molecule has 2 aromatic rings. The maximum Gasteiger partial charge on any atom is 0.231 e. The minimum atomic E-state index is -0.0298. The van der Waals surface area contributed by atoms with Gasteiger partial charge in [-0.05, 0) is 31.9 Å². The Morgan fingerprint density at radius 3 is 3.14 bits per heavy atom. The van der Waals surface area contributed by atoms with Gasteiger partial charge in [0.05, 0.1) is 5.69 Å². The van der Waals surface area contributed by atoms with Gasteiger partial charge in [0, 0.05) is 29.8 Å². The van der Waals surface area contributed by atoms with Gasteiger partial charge >= 0.3 is 0 Å². The standard InChI is InChI=1S/C16H17N3O3/c1-9-17-12-4-2-10(6-13(12)18-9)16(20)19-11-3-5-14-15(7-11)22-8-21-14/h3,5,7,10H,2,4,6,8H2,1H3,(H,17,18)(H,19,20). The van der Waals surface area contributed by atoms with E-state index < -0.39 is 0 Å². The molecule has 2 heterocycles. The van der Waals surface area contributed by atoms with E-state index in [-0.39, 0.29) is 18.6 Å². The van der Waals surface area contributed by atoms with Gasteiger partial charge in [0.25, 0.3) is 0 Å². The van der Waals surface area contributed by atoms with Crippen molar-refractivity contribution >= 4 is 11.6 Å². The Bertz CT molecular complexity index is 738. The summed E-state index contributed by atoms with van der Waals surface area (Å²) in [4.78, 5) is 20.2. The summed E-state index contributed by atoms with van der Waals surface area (Å²) in [6, 6.07) is 5.45.